The summed E-state index contributed by atoms with van der Waals surface area (Å²) in [5, 5.41) is 0. The molecule has 0 spiro atoms. The summed E-state index contributed by atoms with van der Waals surface area (Å²) in [6.45, 7) is 0. The van der Waals surface area contributed by atoms with E-state index < -0.39 is 0 Å². The molecule has 3 aromatic carbocycles. The molecule has 0 unspecified atom stereocenters. The molecule has 0 fully saturated rings. The van der Waals surface area contributed by atoms with Crippen LogP contribution in [0.15, 0.2) is 115 Å². The number of hydrogen-bond donors (Lipinski definition) is 3. The van der Waals surface area contributed by atoms with E-state index in [1.54, 1.807) is 0 Å². The van der Waals surface area contributed by atoms with Gasteiger partial charge >= 0.3 is 0 Å². The molecule has 0 amide bonds. The fraction of sp³-hybridized carbons (Fsp3) is 0. The first-order valence-electron chi connectivity index (χ1n) is 14.3. The van der Waals surface area contributed by atoms with Crippen molar-refractivity contribution < 1.29 is 17.1 Å². The van der Waals surface area contributed by atoms with Crippen LogP contribution in [0.3, 0.4) is 0 Å². The number of benzene rings is 3. The Kier molecular flexibility index (Phi) is 7.07. The van der Waals surface area contributed by atoms with E-state index >= 15 is 0 Å². The summed E-state index contributed by atoms with van der Waals surface area (Å²) < 4.78 is 0. The quantitative estimate of drug-likeness (QED) is 0.137. The first kappa shape index (κ1) is 27.4. The van der Waals surface area contributed by atoms with Gasteiger partial charge in [-0.25, -0.2) is 9.97 Å². The normalized spacial score (nSPS) is 11.8. The summed E-state index contributed by atoms with van der Waals surface area (Å²) in [6.07, 6.45) is 8.33. The Bertz CT molecular complexity index is 2230. The molecule has 8 bridgehead atoms. The average molecular weight is 617 g/mol. The van der Waals surface area contributed by atoms with Crippen LogP contribution in [-0.4, -0.2) is 19.9 Å². The number of nitrogens with two attached hydrogens (primary N) is 1. The van der Waals surface area contributed by atoms with Crippen LogP contribution in [-0.2, 0) is 17.1 Å². The molecule has 6 heteroatoms. The Morgan fingerprint density at radius 2 is 1.09 bits per heavy atom. The van der Waals surface area contributed by atoms with Crippen LogP contribution >= 0.6 is 0 Å². The zero-order valence-corrected chi connectivity index (χ0v) is 24.5. The van der Waals surface area contributed by atoms with Gasteiger partial charge in [-0.3, -0.25) is 0 Å². The molecule has 1 radical (unpaired) electrons. The Morgan fingerprint density at radius 1 is 0.500 bits per heavy atom. The van der Waals surface area contributed by atoms with Crippen LogP contribution in [0.5, 0.6) is 0 Å². The van der Waals surface area contributed by atoms with Crippen molar-refractivity contribution >= 4 is 52.1 Å². The van der Waals surface area contributed by atoms with Gasteiger partial charge in [-0.05, 0) is 83.5 Å². The van der Waals surface area contributed by atoms with Crippen molar-refractivity contribution in [1.82, 2.24) is 19.9 Å². The van der Waals surface area contributed by atoms with Crippen molar-refractivity contribution in [1.29, 1.82) is 0 Å². The Labute approximate surface area is 265 Å². The fourth-order valence-electron chi connectivity index (χ4n) is 5.87. The summed E-state index contributed by atoms with van der Waals surface area (Å²) in [5.41, 5.74) is 20.7. The molecule has 2 aliphatic heterocycles. The van der Waals surface area contributed by atoms with E-state index in [0.717, 1.165) is 83.9 Å². The van der Waals surface area contributed by atoms with Crippen LogP contribution in [0.25, 0.3) is 79.8 Å². The smallest absolute Gasteiger partial charge is 0.0737 e. The Hall–Kier alpha value is -5.42. The minimum absolute atomic E-state index is 0. The number of fused-ring (bicyclic) bond motifs is 8. The zero-order valence-electron chi connectivity index (χ0n) is 23.6. The van der Waals surface area contributed by atoms with Crippen LogP contribution in [0.1, 0.15) is 22.8 Å². The third-order valence-corrected chi connectivity index (χ3v) is 7.86. The van der Waals surface area contributed by atoms with Crippen molar-refractivity contribution in [3.63, 3.8) is 0 Å². The number of hydrogen-bond acceptors (Lipinski definition) is 3. The molecule has 8 rings (SSSR count). The van der Waals surface area contributed by atoms with E-state index in [-0.39, 0.29) is 17.1 Å². The second kappa shape index (κ2) is 11.3. The van der Waals surface area contributed by atoms with Gasteiger partial charge in [0.05, 0.1) is 28.3 Å². The zero-order chi connectivity index (χ0) is 28.8. The van der Waals surface area contributed by atoms with E-state index in [0.29, 0.717) is 0 Å². The van der Waals surface area contributed by atoms with Crippen molar-refractivity contribution in [2.24, 2.45) is 0 Å². The fourth-order valence-corrected chi connectivity index (χ4v) is 5.87. The predicted octanol–water partition coefficient (Wildman–Crippen LogP) is 9.24. The number of aromatic amines is 2. The van der Waals surface area contributed by atoms with Crippen LogP contribution in [0.2, 0.25) is 0 Å². The van der Waals surface area contributed by atoms with Gasteiger partial charge in [-0.15, -0.1) is 0 Å². The summed E-state index contributed by atoms with van der Waals surface area (Å²) in [5.74, 6) is 0. The third-order valence-electron chi connectivity index (χ3n) is 7.86. The number of nitrogens with zero attached hydrogens (tertiary/aromatic N) is 2. The second-order valence-electron chi connectivity index (χ2n) is 10.7. The van der Waals surface area contributed by atoms with Gasteiger partial charge in [0.15, 0.2) is 0 Å². The van der Waals surface area contributed by atoms with Crippen LogP contribution < -0.4 is 5.73 Å². The molecule has 5 nitrogen and oxygen atoms in total. The maximum Gasteiger partial charge on any atom is 0.0737 e. The molecule has 3 aromatic heterocycles. The van der Waals surface area contributed by atoms with Gasteiger partial charge < -0.3 is 15.7 Å². The van der Waals surface area contributed by atoms with Crippen molar-refractivity contribution in [3.8, 4) is 33.4 Å². The number of aromatic nitrogens is 4. The summed E-state index contributed by atoms with van der Waals surface area (Å²) in [6, 6.07) is 39.4. The molecule has 5 heterocycles. The predicted molar refractivity (Wildman–Crippen MR) is 180 cm³/mol. The molecule has 4 N–H and O–H groups in total. The van der Waals surface area contributed by atoms with Crippen molar-refractivity contribution in [2.45, 2.75) is 0 Å². The van der Waals surface area contributed by atoms with Crippen LogP contribution in [0.4, 0.5) is 5.69 Å². The molecule has 0 aliphatic carbocycles. The number of nitrogen functional groups attached to an aromatic ring is 1. The van der Waals surface area contributed by atoms with Gasteiger partial charge in [0, 0.05) is 56.0 Å². The van der Waals surface area contributed by atoms with Crippen molar-refractivity contribution in [2.75, 3.05) is 5.73 Å². The standard InChI is InChI=1S/C38H27N5.Cu/c39-27-13-11-24(12-14-27)32-23-31-22-30-16-19-34(41-30)36(25-7-3-1-4-8-25)33-18-15-28(40-33)21-29-17-20-35(42-29)37(38(32)43-31)26-9-5-2-6-10-26;/h1-23,40,43H,39H2;. The van der Waals surface area contributed by atoms with E-state index in [9.17, 15) is 0 Å². The minimum Gasteiger partial charge on any atom is -0.399 e. The molecule has 2 aliphatic rings. The average Bonchev–Trinajstić information content (AvgIpc) is 3.85. The summed E-state index contributed by atoms with van der Waals surface area (Å²) in [7, 11) is 0. The van der Waals surface area contributed by atoms with Crippen LogP contribution in [0, 0.1) is 0 Å². The molecule has 6 aromatic rings. The van der Waals surface area contributed by atoms with E-state index in [2.05, 4.69) is 125 Å². The largest absolute Gasteiger partial charge is 0.399 e. The van der Waals surface area contributed by atoms with Gasteiger partial charge in [-0.1, -0.05) is 72.8 Å². The SMILES string of the molecule is Nc1ccc(-c2cc3cc4nc(c(-c5ccccc5)c5ccc(cc6nc(c(-c7ccccc7)c2[nH]3)C=C6)[nH]5)C=C4)cc1.[Cu]. The van der Waals surface area contributed by atoms with E-state index in [1.165, 1.54) is 0 Å². The van der Waals surface area contributed by atoms with Gasteiger partial charge in [-0.2, -0.15) is 0 Å². The summed E-state index contributed by atoms with van der Waals surface area (Å²) in [4.78, 5) is 17.6. The van der Waals surface area contributed by atoms with Gasteiger partial charge in [0.2, 0.25) is 0 Å². The maximum absolute atomic E-state index is 6.07. The topological polar surface area (TPSA) is 83.4 Å². The Morgan fingerprint density at radius 3 is 1.75 bits per heavy atom. The molecular formula is C38H27CuN5. The number of anilines is 1. The molecule has 0 saturated carbocycles. The minimum atomic E-state index is 0. The molecule has 44 heavy (non-hydrogen) atoms. The number of rotatable bonds is 3. The first-order chi connectivity index (χ1) is 21.2. The molecule has 0 atom stereocenters. The van der Waals surface area contributed by atoms with E-state index in [1.807, 2.05) is 24.3 Å². The second-order valence-corrected chi connectivity index (χ2v) is 10.7. The third kappa shape index (κ3) is 5.07. The Balaban J connectivity index is 0.00000312. The monoisotopic (exact) mass is 616 g/mol. The maximum atomic E-state index is 6.07. The van der Waals surface area contributed by atoms with Gasteiger partial charge in [0.25, 0.3) is 0 Å². The number of nitrogens with one attached hydrogen (secondary N) is 2. The van der Waals surface area contributed by atoms with Gasteiger partial charge in [0.1, 0.15) is 0 Å². The molecular weight excluding hydrogens is 590 g/mol. The first-order valence-corrected chi connectivity index (χ1v) is 14.3. The van der Waals surface area contributed by atoms with Crippen molar-refractivity contribution in [3.05, 3.63) is 138 Å². The number of H-pyrrole nitrogens is 2. The molecule has 0 saturated heterocycles. The van der Waals surface area contributed by atoms with E-state index in [4.69, 9.17) is 15.7 Å². The summed E-state index contributed by atoms with van der Waals surface area (Å²) >= 11 is 0. The molecule has 215 valence electrons.